The number of nitrogens with zero attached hydrogens (tertiary/aromatic N) is 2. The number of aliphatic hydroxyl groups is 1. The summed E-state index contributed by atoms with van der Waals surface area (Å²) in [6.07, 6.45) is 3.64. The second kappa shape index (κ2) is 5.32. The summed E-state index contributed by atoms with van der Waals surface area (Å²) in [6, 6.07) is 9.33. The number of aromatic nitrogens is 2. The van der Waals surface area contributed by atoms with Gasteiger partial charge in [-0.05, 0) is 23.8 Å². The third-order valence-electron chi connectivity index (χ3n) is 2.23. The van der Waals surface area contributed by atoms with Gasteiger partial charge in [-0.2, -0.15) is 5.10 Å². The predicted molar refractivity (Wildman–Crippen MR) is 60.1 cm³/mol. The lowest BCUT2D eigenvalue weighted by atomic mass is 10.2. The predicted octanol–water partition coefficient (Wildman–Crippen LogP) is 1.45. The number of benzene rings is 1. The highest BCUT2D eigenvalue weighted by molar-refractivity contribution is 5.27. The first-order valence-corrected chi connectivity index (χ1v) is 5.18. The van der Waals surface area contributed by atoms with E-state index in [1.807, 2.05) is 41.2 Å². The van der Waals surface area contributed by atoms with Crippen molar-refractivity contribution in [2.45, 2.75) is 13.2 Å². The number of ether oxygens (including phenoxy) is 1. The maximum Gasteiger partial charge on any atom is 0.119 e. The van der Waals surface area contributed by atoms with Crippen molar-refractivity contribution < 1.29 is 9.84 Å². The third-order valence-corrected chi connectivity index (χ3v) is 2.23. The van der Waals surface area contributed by atoms with E-state index >= 15 is 0 Å². The normalized spacial score (nSPS) is 10.3. The van der Waals surface area contributed by atoms with Crippen molar-refractivity contribution >= 4 is 0 Å². The summed E-state index contributed by atoms with van der Waals surface area (Å²) in [5.41, 5.74) is 0.858. The molecule has 4 nitrogen and oxygen atoms in total. The number of rotatable bonds is 5. The highest BCUT2D eigenvalue weighted by Crippen LogP contribution is 2.13. The Balaban J connectivity index is 1.85. The average molecular weight is 218 g/mol. The highest BCUT2D eigenvalue weighted by Gasteiger charge is 1.96. The van der Waals surface area contributed by atoms with Crippen molar-refractivity contribution in [1.82, 2.24) is 9.78 Å². The van der Waals surface area contributed by atoms with E-state index in [2.05, 4.69) is 5.10 Å². The molecule has 0 saturated carbocycles. The van der Waals surface area contributed by atoms with Gasteiger partial charge in [0.25, 0.3) is 0 Å². The van der Waals surface area contributed by atoms with E-state index in [0.717, 1.165) is 17.9 Å². The minimum atomic E-state index is 0.0381. The Morgan fingerprint density at radius 1 is 1.31 bits per heavy atom. The van der Waals surface area contributed by atoms with Crippen LogP contribution in [0.2, 0.25) is 0 Å². The maximum absolute atomic E-state index is 8.97. The summed E-state index contributed by atoms with van der Waals surface area (Å²) in [4.78, 5) is 0. The monoisotopic (exact) mass is 218 g/mol. The maximum atomic E-state index is 8.97. The molecular formula is C12H14N2O2. The lowest BCUT2D eigenvalue weighted by molar-refractivity contribution is 0.275. The molecule has 1 N–H and O–H groups in total. The van der Waals surface area contributed by atoms with Gasteiger partial charge in [0.05, 0.1) is 13.2 Å². The minimum Gasteiger partial charge on any atom is -0.492 e. The Kier molecular flexibility index (Phi) is 3.56. The van der Waals surface area contributed by atoms with Crippen LogP contribution in [0, 0.1) is 0 Å². The van der Waals surface area contributed by atoms with E-state index in [4.69, 9.17) is 9.84 Å². The molecule has 0 aliphatic rings. The van der Waals surface area contributed by atoms with Gasteiger partial charge in [0.15, 0.2) is 0 Å². The Morgan fingerprint density at radius 2 is 2.25 bits per heavy atom. The fraction of sp³-hybridized carbons (Fsp3) is 0.250. The van der Waals surface area contributed by atoms with Gasteiger partial charge in [-0.1, -0.05) is 12.1 Å². The summed E-state index contributed by atoms with van der Waals surface area (Å²) in [6.45, 7) is 1.32. The molecule has 0 spiro atoms. The summed E-state index contributed by atoms with van der Waals surface area (Å²) in [5, 5.41) is 13.0. The molecular weight excluding hydrogens is 204 g/mol. The Labute approximate surface area is 94.1 Å². The Morgan fingerprint density at radius 3 is 3.00 bits per heavy atom. The zero-order chi connectivity index (χ0) is 11.2. The van der Waals surface area contributed by atoms with E-state index in [1.54, 1.807) is 6.20 Å². The van der Waals surface area contributed by atoms with Crippen LogP contribution >= 0.6 is 0 Å². The van der Waals surface area contributed by atoms with E-state index in [0.29, 0.717) is 6.61 Å². The molecule has 1 aromatic carbocycles. The van der Waals surface area contributed by atoms with E-state index in [9.17, 15) is 0 Å². The topological polar surface area (TPSA) is 47.3 Å². The van der Waals surface area contributed by atoms with Crippen LogP contribution in [0.3, 0.4) is 0 Å². The van der Waals surface area contributed by atoms with Gasteiger partial charge in [0.1, 0.15) is 12.4 Å². The van der Waals surface area contributed by atoms with Crippen molar-refractivity contribution in [3.8, 4) is 5.75 Å². The first-order chi connectivity index (χ1) is 7.88. The van der Waals surface area contributed by atoms with E-state index < -0.39 is 0 Å². The van der Waals surface area contributed by atoms with Gasteiger partial charge in [0.2, 0.25) is 0 Å². The highest BCUT2D eigenvalue weighted by atomic mass is 16.5. The third kappa shape index (κ3) is 2.84. The molecule has 0 amide bonds. The molecule has 0 saturated heterocycles. The fourth-order valence-electron chi connectivity index (χ4n) is 1.42. The molecule has 0 bridgehead atoms. The van der Waals surface area contributed by atoms with Crippen LogP contribution in [-0.4, -0.2) is 21.5 Å². The standard InChI is InChI=1S/C12H14N2O2/c15-10-11-3-1-4-12(9-11)16-8-7-14-6-2-5-13-14/h1-6,9,15H,7-8,10H2. The summed E-state index contributed by atoms with van der Waals surface area (Å²) < 4.78 is 7.37. The second-order valence-electron chi connectivity index (χ2n) is 3.42. The van der Waals surface area contributed by atoms with E-state index in [-0.39, 0.29) is 6.61 Å². The molecule has 4 heteroatoms. The number of hydrogen-bond acceptors (Lipinski definition) is 3. The van der Waals surface area contributed by atoms with Crippen LogP contribution in [0.25, 0.3) is 0 Å². The molecule has 1 heterocycles. The van der Waals surface area contributed by atoms with Gasteiger partial charge in [-0.3, -0.25) is 4.68 Å². The summed E-state index contributed by atoms with van der Waals surface area (Å²) in [5.74, 6) is 0.777. The molecule has 16 heavy (non-hydrogen) atoms. The van der Waals surface area contributed by atoms with Crippen molar-refractivity contribution in [3.05, 3.63) is 48.3 Å². The SMILES string of the molecule is OCc1cccc(OCCn2cccn2)c1. The van der Waals surface area contributed by atoms with Crippen LogP contribution in [-0.2, 0) is 13.2 Å². The lowest BCUT2D eigenvalue weighted by Crippen LogP contribution is -2.08. The summed E-state index contributed by atoms with van der Waals surface area (Å²) >= 11 is 0. The number of hydrogen-bond donors (Lipinski definition) is 1. The lowest BCUT2D eigenvalue weighted by Gasteiger charge is -2.07. The molecule has 0 unspecified atom stereocenters. The molecule has 0 atom stereocenters. The Hall–Kier alpha value is -1.81. The zero-order valence-corrected chi connectivity index (χ0v) is 8.91. The van der Waals surface area contributed by atoms with E-state index in [1.165, 1.54) is 0 Å². The van der Waals surface area contributed by atoms with Crippen molar-refractivity contribution in [1.29, 1.82) is 0 Å². The quantitative estimate of drug-likeness (QED) is 0.826. The van der Waals surface area contributed by atoms with Gasteiger partial charge in [0, 0.05) is 12.4 Å². The van der Waals surface area contributed by atoms with Gasteiger partial charge >= 0.3 is 0 Å². The van der Waals surface area contributed by atoms with Crippen LogP contribution in [0.5, 0.6) is 5.75 Å². The van der Waals surface area contributed by atoms with Crippen molar-refractivity contribution in [3.63, 3.8) is 0 Å². The molecule has 0 aliphatic heterocycles. The molecule has 0 radical (unpaired) electrons. The molecule has 2 rings (SSSR count). The Bertz CT molecular complexity index is 426. The largest absolute Gasteiger partial charge is 0.492 e. The zero-order valence-electron chi connectivity index (χ0n) is 8.91. The van der Waals surface area contributed by atoms with Crippen molar-refractivity contribution in [2.24, 2.45) is 0 Å². The summed E-state index contributed by atoms with van der Waals surface area (Å²) in [7, 11) is 0. The van der Waals surface area contributed by atoms with Gasteiger partial charge in [-0.25, -0.2) is 0 Å². The first-order valence-electron chi connectivity index (χ1n) is 5.18. The van der Waals surface area contributed by atoms with Gasteiger partial charge < -0.3 is 9.84 Å². The first kappa shape index (κ1) is 10.7. The fourth-order valence-corrected chi connectivity index (χ4v) is 1.42. The van der Waals surface area contributed by atoms with Crippen LogP contribution in [0.15, 0.2) is 42.7 Å². The van der Waals surface area contributed by atoms with Crippen LogP contribution in [0.4, 0.5) is 0 Å². The molecule has 2 aromatic rings. The van der Waals surface area contributed by atoms with Crippen LogP contribution in [0.1, 0.15) is 5.56 Å². The number of aliphatic hydroxyl groups excluding tert-OH is 1. The minimum absolute atomic E-state index is 0.0381. The van der Waals surface area contributed by atoms with Crippen molar-refractivity contribution in [2.75, 3.05) is 6.61 Å². The average Bonchev–Trinajstić information content (AvgIpc) is 2.82. The smallest absolute Gasteiger partial charge is 0.119 e. The molecule has 84 valence electrons. The molecule has 0 aliphatic carbocycles. The van der Waals surface area contributed by atoms with Crippen LogP contribution < -0.4 is 4.74 Å². The second-order valence-corrected chi connectivity index (χ2v) is 3.42. The van der Waals surface area contributed by atoms with Gasteiger partial charge in [-0.15, -0.1) is 0 Å². The molecule has 1 aromatic heterocycles. The molecule has 0 fully saturated rings.